The van der Waals surface area contributed by atoms with E-state index in [4.69, 9.17) is 0 Å². The van der Waals surface area contributed by atoms with Crippen molar-refractivity contribution >= 4 is 12.0 Å². The standard InChI is InChI=1S/C14H14FN3O/c1-10(14-16-8-9-17-14)18-13(19)7-4-11-2-5-12(15)6-3-11/h2-10H,1H3,(H,16,17)(H,18,19)/b7-4+. The molecule has 5 heteroatoms. The van der Waals surface area contributed by atoms with Crippen LogP contribution in [0.3, 0.4) is 0 Å². The SMILES string of the molecule is CC(NC(=O)/C=C/c1ccc(F)cc1)c1ncc[nH]1. The molecule has 19 heavy (non-hydrogen) atoms. The van der Waals surface area contributed by atoms with Gasteiger partial charge in [-0.15, -0.1) is 0 Å². The Labute approximate surface area is 110 Å². The fourth-order valence-corrected chi connectivity index (χ4v) is 1.59. The van der Waals surface area contributed by atoms with Gasteiger partial charge in [-0.3, -0.25) is 4.79 Å². The number of nitrogens with zero attached hydrogens (tertiary/aromatic N) is 1. The Bertz CT molecular complexity index is 561. The molecule has 0 aliphatic rings. The Morgan fingerprint density at radius 3 is 2.79 bits per heavy atom. The molecule has 1 aromatic carbocycles. The van der Waals surface area contributed by atoms with E-state index < -0.39 is 0 Å². The van der Waals surface area contributed by atoms with Gasteiger partial charge in [-0.05, 0) is 30.7 Å². The molecule has 98 valence electrons. The van der Waals surface area contributed by atoms with E-state index in [0.29, 0.717) is 5.82 Å². The monoisotopic (exact) mass is 259 g/mol. The molecule has 0 saturated heterocycles. The van der Waals surface area contributed by atoms with Gasteiger partial charge in [0, 0.05) is 18.5 Å². The molecule has 1 heterocycles. The predicted octanol–water partition coefficient (Wildman–Crippen LogP) is 2.44. The molecule has 2 N–H and O–H groups in total. The number of rotatable bonds is 4. The predicted molar refractivity (Wildman–Crippen MR) is 70.6 cm³/mol. The number of carbonyl (C=O) groups is 1. The minimum Gasteiger partial charge on any atom is -0.347 e. The molecule has 1 unspecified atom stereocenters. The van der Waals surface area contributed by atoms with E-state index in [1.165, 1.54) is 18.2 Å². The molecular formula is C14H14FN3O. The van der Waals surface area contributed by atoms with Crippen LogP contribution in [-0.2, 0) is 4.79 Å². The van der Waals surface area contributed by atoms with Gasteiger partial charge in [0.25, 0.3) is 0 Å². The molecule has 0 saturated carbocycles. The van der Waals surface area contributed by atoms with Crippen molar-refractivity contribution in [2.24, 2.45) is 0 Å². The topological polar surface area (TPSA) is 57.8 Å². The number of nitrogens with one attached hydrogen (secondary N) is 2. The van der Waals surface area contributed by atoms with E-state index >= 15 is 0 Å². The molecule has 2 aromatic rings. The second-order valence-electron chi connectivity index (χ2n) is 4.09. The van der Waals surface area contributed by atoms with E-state index in [2.05, 4.69) is 15.3 Å². The fraction of sp³-hybridized carbons (Fsp3) is 0.143. The highest BCUT2D eigenvalue weighted by molar-refractivity contribution is 5.91. The van der Waals surface area contributed by atoms with Crippen LogP contribution in [0, 0.1) is 5.82 Å². The molecule has 0 radical (unpaired) electrons. The number of H-pyrrole nitrogens is 1. The van der Waals surface area contributed by atoms with Crippen LogP contribution < -0.4 is 5.32 Å². The summed E-state index contributed by atoms with van der Waals surface area (Å²) >= 11 is 0. The summed E-state index contributed by atoms with van der Waals surface area (Å²) in [6.45, 7) is 1.84. The van der Waals surface area contributed by atoms with Gasteiger partial charge in [0.05, 0.1) is 6.04 Å². The molecule has 0 aliphatic carbocycles. The highest BCUT2D eigenvalue weighted by Gasteiger charge is 2.08. The van der Waals surface area contributed by atoms with Crippen LogP contribution in [0.5, 0.6) is 0 Å². The molecule has 2 rings (SSSR count). The maximum absolute atomic E-state index is 12.7. The molecule has 0 aliphatic heterocycles. The molecule has 0 fully saturated rings. The zero-order chi connectivity index (χ0) is 13.7. The number of carbonyl (C=O) groups excluding carboxylic acids is 1. The lowest BCUT2D eigenvalue weighted by atomic mass is 10.2. The van der Waals surface area contributed by atoms with Crippen LogP contribution in [0.4, 0.5) is 4.39 Å². The summed E-state index contributed by atoms with van der Waals surface area (Å²) in [6.07, 6.45) is 6.37. The molecule has 4 nitrogen and oxygen atoms in total. The first kappa shape index (κ1) is 13.0. The number of halogens is 1. The lowest BCUT2D eigenvalue weighted by Gasteiger charge is -2.08. The van der Waals surface area contributed by atoms with Gasteiger partial charge in [-0.1, -0.05) is 12.1 Å². The van der Waals surface area contributed by atoms with Crippen LogP contribution in [0.1, 0.15) is 24.4 Å². The lowest BCUT2D eigenvalue weighted by molar-refractivity contribution is -0.117. The molecule has 1 atom stereocenters. The molecule has 1 aromatic heterocycles. The summed E-state index contributed by atoms with van der Waals surface area (Å²) in [5.41, 5.74) is 0.766. The largest absolute Gasteiger partial charge is 0.347 e. The third-order valence-corrected chi connectivity index (χ3v) is 2.59. The van der Waals surface area contributed by atoms with E-state index in [-0.39, 0.29) is 17.8 Å². The highest BCUT2D eigenvalue weighted by atomic mass is 19.1. The molecular weight excluding hydrogens is 245 g/mol. The van der Waals surface area contributed by atoms with Gasteiger partial charge < -0.3 is 10.3 Å². The van der Waals surface area contributed by atoms with Crippen molar-refractivity contribution in [2.75, 3.05) is 0 Å². The van der Waals surface area contributed by atoms with E-state index in [0.717, 1.165) is 5.56 Å². The van der Waals surface area contributed by atoms with Crippen molar-refractivity contribution < 1.29 is 9.18 Å². The summed E-state index contributed by atoms with van der Waals surface area (Å²) in [4.78, 5) is 18.7. The smallest absolute Gasteiger partial charge is 0.244 e. The first-order valence-corrected chi connectivity index (χ1v) is 5.88. The Morgan fingerprint density at radius 2 is 2.16 bits per heavy atom. The number of imidazole rings is 1. The first-order chi connectivity index (χ1) is 9.15. The van der Waals surface area contributed by atoms with Crippen molar-refractivity contribution in [2.45, 2.75) is 13.0 Å². The minimum atomic E-state index is -0.298. The number of aromatic nitrogens is 2. The van der Waals surface area contributed by atoms with Crippen LogP contribution in [0.25, 0.3) is 6.08 Å². The van der Waals surface area contributed by atoms with Gasteiger partial charge in [-0.25, -0.2) is 9.37 Å². The third kappa shape index (κ3) is 3.77. The maximum Gasteiger partial charge on any atom is 0.244 e. The number of benzene rings is 1. The molecule has 0 spiro atoms. The molecule has 1 amide bonds. The van der Waals surface area contributed by atoms with Crippen molar-refractivity contribution in [3.05, 3.63) is 59.9 Å². The fourth-order valence-electron chi connectivity index (χ4n) is 1.59. The van der Waals surface area contributed by atoms with E-state index in [1.807, 2.05) is 6.92 Å². The van der Waals surface area contributed by atoms with Crippen LogP contribution >= 0.6 is 0 Å². The van der Waals surface area contributed by atoms with Crippen molar-refractivity contribution in [3.8, 4) is 0 Å². The Morgan fingerprint density at radius 1 is 1.42 bits per heavy atom. The van der Waals surface area contributed by atoms with Crippen molar-refractivity contribution in [1.29, 1.82) is 0 Å². The summed E-state index contributed by atoms with van der Waals surface area (Å²) in [6, 6.07) is 5.72. The van der Waals surface area contributed by atoms with Crippen LogP contribution in [0.15, 0.2) is 42.7 Å². The van der Waals surface area contributed by atoms with Gasteiger partial charge in [0.1, 0.15) is 11.6 Å². The highest BCUT2D eigenvalue weighted by Crippen LogP contribution is 2.06. The average molecular weight is 259 g/mol. The van der Waals surface area contributed by atoms with E-state index in [1.54, 1.807) is 30.6 Å². The number of amides is 1. The van der Waals surface area contributed by atoms with Gasteiger partial charge in [0.2, 0.25) is 5.91 Å². The summed E-state index contributed by atoms with van der Waals surface area (Å²) in [5, 5.41) is 2.77. The lowest BCUT2D eigenvalue weighted by Crippen LogP contribution is -2.25. The third-order valence-electron chi connectivity index (χ3n) is 2.59. The normalized spacial score (nSPS) is 12.5. The quantitative estimate of drug-likeness (QED) is 0.828. The summed E-state index contributed by atoms with van der Waals surface area (Å²) < 4.78 is 12.7. The van der Waals surface area contributed by atoms with E-state index in [9.17, 15) is 9.18 Å². The van der Waals surface area contributed by atoms with Gasteiger partial charge in [0.15, 0.2) is 0 Å². The number of hydrogen-bond acceptors (Lipinski definition) is 2. The number of aromatic amines is 1. The Balaban J connectivity index is 1.92. The summed E-state index contributed by atoms with van der Waals surface area (Å²) in [5.74, 6) is 0.171. The van der Waals surface area contributed by atoms with Crippen LogP contribution in [0.2, 0.25) is 0 Å². The van der Waals surface area contributed by atoms with Gasteiger partial charge >= 0.3 is 0 Å². The average Bonchev–Trinajstić information content (AvgIpc) is 2.92. The van der Waals surface area contributed by atoms with Crippen molar-refractivity contribution in [1.82, 2.24) is 15.3 Å². The maximum atomic E-state index is 12.7. The van der Waals surface area contributed by atoms with Crippen LogP contribution in [-0.4, -0.2) is 15.9 Å². The zero-order valence-corrected chi connectivity index (χ0v) is 10.4. The zero-order valence-electron chi connectivity index (χ0n) is 10.4. The second-order valence-corrected chi connectivity index (χ2v) is 4.09. The number of hydrogen-bond donors (Lipinski definition) is 2. The summed E-state index contributed by atoms with van der Waals surface area (Å²) in [7, 11) is 0. The first-order valence-electron chi connectivity index (χ1n) is 5.88. The Hall–Kier alpha value is -2.43. The van der Waals surface area contributed by atoms with Crippen molar-refractivity contribution in [3.63, 3.8) is 0 Å². The van der Waals surface area contributed by atoms with Gasteiger partial charge in [-0.2, -0.15) is 0 Å². The minimum absolute atomic E-state index is 0.194. The Kier molecular flexibility index (Phi) is 4.07. The molecule has 0 bridgehead atoms. The second kappa shape index (κ2) is 5.95.